The van der Waals surface area contributed by atoms with E-state index in [0.29, 0.717) is 24.5 Å². The first-order valence-electron chi connectivity index (χ1n) is 12.8. The predicted molar refractivity (Wildman–Crippen MR) is 145 cm³/mol. The fourth-order valence-corrected chi connectivity index (χ4v) is 4.67. The van der Waals surface area contributed by atoms with Gasteiger partial charge in [-0.3, -0.25) is 9.59 Å². The van der Waals surface area contributed by atoms with E-state index in [-0.39, 0.29) is 41.8 Å². The number of halogens is 3. The average molecular weight is 583 g/mol. The predicted octanol–water partition coefficient (Wildman–Crippen LogP) is 4.78. The van der Waals surface area contributed by atoms with Crippen LogP contribution in [0.2, 0.25) is 0 Å². The van der Waals surface area contributed by atoms with Crippen molar-refractivity contribution in [2.24, 2.45) is 7.05 Å². The number of carboxylic acid groups (broad SMARTS) is 1. The number of carbonyl (C=O) groups is 3. The van der Waals surface area contributed by atoms with Gasteiger partial charge in [0.1, 0.15) is 11.4 Å². The first kappa shape index (κ1) is 28.4. The molecule has 3 amide bonds. The molecule has 1 aliphatic heterocycles. The summed E-state index contributed by atoms with van der Waals surface area (Å²) in [4.78, 5) is 47.9. The molecule has 0 spiro atoms. The molecule has 1 fully saturated rings. The molecule has 0 bridgehead atoms. The highest BCUT2D eigenvalue weighted by Crippen LogP contribution is 2.31. The molecule has 0 aliphatic carbocycles. The zero-order chi connectivity index (χ0) is 30.2. The largest absolute Gasteiger partial charge is 0.465 e. The van der Waals surface area contributed by atoms with Crippen LogP contribution in [0.4, 0.5) is 23.7 Å². The molecule has 2 aromatic carbocycles. The van der Waals surface area contributed by atoms with Gasteiger partial charge in [-0.2, -0.15) is 13.2 Å². The van der Waals surface area contributed by atoms with E-state index in [1.807, 2.05) is 0 Å². The summed E-state index contributed by atoms with van der Waals surface area (Å²) in [6.07, 6.45) is -2.89. The average Bonchev–Trinajstić information content (AvgIpc) is 3.28. The van der Waals surface area contributed by atoms with E-state index in [1.54, 1.807) is 40.8 Å². The van der Waals surface area contributed by atoms with Crippen LogP contribution in [0.1, 0.15) is 32.0 Å². The molecule has 11 nitrogen and oxygen atoms in total. The van der Waals surface area contributed by atoms with E-state index in [2.05, 4.69) is 15.3 Å². The molecule has 0 unspecified atom stereocenters. The van der Waals surface area contributed by atoms with Gasteiger partial charge in [-0.25, -0.2) is 14.8 Å². The summed E-state index contributed by atoms with van der Waals surface area (Å²) in [6.45, 7) is 2.53. The molecule has 2 aromatic heterocycles. The number of fused-ring (bicyclic) bond motifs is 1. The van der Waals surface area contributed by atoms with Gasteiger partial charge in [0.25, 0.3) is 11.8 Å². The third-order valence-electron chi connectivity index (χ3n) is 6.97. The summed E-state index contributed by atoms with van der Waals surface area (Å²) in [5, 5.41) is 12.5. The number of aryl methyl sites for hydroxylation is 2. The van der Waals surface area contributed by atoms with E-state index in [1.165, 1.54) is 24.2 Å². The number of carbonyl (C=O) groups excluding carboxylic acids is 2. The number of rotatable bonds is 5. The topological polar surface area (TPSA) is 130 Å². The molecule has 4 aromatic rings. The summed E-state index contributed by atoms with van der Waals surface area (Å²) in [5.74, 6) is -0.412. The summed E-state index contributed by atoms with van der Waals surface area (Å²) < 4.78 is 46.2. The van der Waals surface area contributed by atoms with Crippen LogP contribution in [-0.2, 0) is 13.2 Å². The second-order valence-electron chi connectivity index (χ2n) is 9.71. The smallest absolute Gasteiger partial charge is 0.416 e. The number of piperazine rings is 1. The highest BCUT2D eigenvalue weighted by molar-refractivity contribution is 6.05. The summed E-state index contributed by atoms with van der Waals surface area (Å²) in [5.41, 5.74) is 0.802. The SMILES string of the molecule is Cc1cc(C(F)(F)F)ccc1C(=O)Nc1cnc(Oc2ccc3cc(C(=O)N4CCN(C(=O)O)CC4)n(C)c3c2)nc1. The third-order valence-corrected chi connectivity index (χ3v) is 6.97. The van der Waals surface area contributed by atoms with Gasteiger partial charge in [-0.1, -0.05) is 0 Å². The highest BCUT2D eigenvalue weighted by Gasteiger charge is 2.31. The number of hydrogen-bond donors (Lipinski definition) is 2. The maximum Gasteiger partial charge on any atom is 0.416 e. The van der Waals surface area contributed by atoms with Crippen LogP contribution >= 0.6 is 0 Å². The molecular weight excluding hydrogens is 557 g/mol. The summed E-state index contributed by atoms with van der Waals surface area (Å²) >= 11 is 0. The van der Waals surface area contributed by atoms with E-state index in [0.717, 1.165) is 29.1 Å². The van der Waals surface area contributed by atoms with E-state index in [4.69, 9.17) is 9.84 Å². The van der Waals surface area contributed by atoms with Crippen molar-refractivity contribution in [3.05, 3.63) is 77.2 Å². The molecule has 42 heavy (non-hydrogen) atoms. The van der Waals surface area contributed by atoms with Crippen LogP contribution in [0.3, 0.4) is 0 Å². The number of anilines is 1. The lowest BCUT2D eigenvalue weighted by atomic mass is 10.0. The zero-order valence-corrected chi connectivity index (χ0v) is 22.5. The second kappa shape index (κ2) is 11.0. The monoisotopic (exact) mass is 582 g/mol. The van der Waals surface area contributed by atoms with Crippen molar-refractivity contribution in [1.82, 2.24) is 24.3 Å². The number of amides is 3. The Kier molecular flexibility index (Phi) is 7.45. The molecule has 1 aliphatic rings. The van der Waals surface area contributed by atoms with Gasteiger partial charge in [0, 0.05) is 50.2 Å². The van der Waals surface area contributed by atoms with Gasteiger partial charge in [0.05, 0.1) is 29.2 Å². The van der Waals surface area contributed by atoms with Crippen LogP contribution in [0.5, 0.6) is 11.8 Å². The number of nitrogens with zero attached hydrogens (tertiary/aromatic N) is 5. The number of ether oxygens (including phenoxy) is 1. The van der Waals surface area contributed by atoms with Crippen LogP contribution in [0.15, 0.2) is 54.9 Å². The number of alkyl halides is 3. The lowest BCUT2D eigenvalue weighted by Crippen LogP contribution is -2.50. The van der Waals surface area contributed by atoms with Crippen molar-refractivity contribution in [2.75, 3.05) is 31.5 Å². The first-order chi connectivity index (χ1) is 19.9. The lowest BCUT2D eigenvalue weighted by Gasteiger charge is -2.33. The minimum Gasteiger partial charge on any atom is -0.465 e. The minimum absolute atomic E-state index is 0.0140. The Balaban J connectivity index is 1.25. The van der Waals surface area contributed by atoms with Crippen LogP contribution in [0, 0.1) is 6.92 Å². The van der Waals surface area contributed by atoms with Gasteiger partial charge in [0.15, 0.2) is 0 Å². The molecule has 5 rings (SSSR count). The van der Waals surface area contributed by atoms with Crippen molar-refractivity contribution in [1.29, 1.82) is 0 Å². The van der Waals surface area contributed by atoms with Crippen LogP contribution in [0.25, 0.3) is 10.9 Å². The normalized spacial score (nSPS) is 13.7. The van der Waals surface area contributed by atoms with Crippen molar-refractivity contribution in [3.8, 4) is 11.8 Å². The Morgan fingerprint density at radius 2 is 1.62 bits per heavy atom. The van der Waals surface area contributed by atoms with Gasteiger partial charge >= 0.3 is 18.3 Å². The fourth-order valence-electron chi connectivity index (χ4n) is 4.67. The molecule has 3 heterocycles. The van der Waals surface area contributed by atoms with Gasteiger partial charge < -0.3 is 29.5 Å². The number of hydrogen-bond acceptors (Lipinski definition) is 6. The van der Waals surface area contributed by atoms with Crippen molar-refractivity contribution < 1.29 is 37.4 Å². The standard InChI is InChI=1S/C28H25F3N6O5/c1-16-11-18(28(29,30)31)4-6-21(16)24(38)34-19-14-32-26(33-15-19)42-20-5-3-17-12-23(35(2)22(17)13-20)25(39)36-7-9-37(10-8-36)27(40)41/h3-6,11-15H,7-10H2,1-2H3,(H,34,38)(H,40,41). The van der Waals surface area contributed by atoms with Gasteiger partial charge in [-0.05, 0) is 48.9 Å². The van der Waals surface area contributed by atoms with Crippen LogP contribution < -0.4 is 10.1 Å². The van der Waals surface area contributed by atoms with Gasteiger partial charge in [0.2, 0.25) is 0 Å². The molecule has 0 radical (unpaired) electrons. The highest BCUT2D eigenvalue weighted by atomic mass is 19.4. The Bertz CT molecular complexity index is 1680. The third kappa shape index (κ3) is 5.82. The van der Waals surface area contributed by atoms with Crippen molar-refractivity contribution in [3.63, 3.8) is 0 Å². The van der Waals surface area contributed by atoms with Crippen molar-refractivity contribution in [2.45, 2.75) is 13.1 Å². The van der Waals surface area contributed by atoms with E-state index < -0.39 is 23.7 Å². The second-order valence-corrected chi connectivity index (χ2v) is 9.71. The molecule has 1 saturated heterocycles. The quantitative estimate of drug-likeness (QED) is 0.347. The number of benzene rings is 2. The molecule has 14 heteroatoms. The minimum atomic E-state index is -4.51. The lowest BCUT2D eigenvalue weighted by molar-refractivity contribution is -0.137. The first-order valence-corrected chi connectivity index (χ1v) is 12.8. The molecular formula is C28H25F3N6O5. The number of nitrogens with one attached hydrogen (secondary N) is 1. The zero-order valence-electron chi connectivity index (χ0n) is 22.5. The van der Waals surface area contributed by atoms with E-state index >= 15 is 0 Å². The van der Waals surface area contributed by atoms with Crippen molar-refractivity contribution >= 4 is 34.5 Å². The molecule has 218 valence electrons. The fraction of sp³-hybridized carbons (Fsp3) is 0.250. The maximum absolute atomic E-state index is 13.1. The summed E-state index contributed by atoms with van der Waals surface area (Å²) in [7, 11) is 1.75. The van der Waals surface area contributed by atoms with E-state index in [9.17, 15) is 27.6 Å². The Morgan fingerprint density at radius 3 is 2.24 bits per heavy atom. The van der Waals surface area contributed by atoms with Gasteiger partial charge in [-0.15, -0.1) is 0 Å². The molecule has 2 N–H and O–H groups in total. The Hall–Kier alpha value is -5.14. The molecule has 0 saturated carbocycles. The number of aromatic nitrogens is 3. The summed E-state index contributed by atoms with van der Waals surface area (Å²) in [6, 6.07) is 9.81. The molecule has 0 atom stereocenters. The Labute approximate surface area is 237 Å². The van der Waals surface area contributed by atoms with Crippen LogP contribution in [-0.4, -0.2) is 73.5 Å². The Morgan fingerprint density at radius 1 is 0.952 bits per heavy atom. The maximum atomic E-state index is 13.1.